The average molecular weight is 413 g/mol. The lowest BCUT2D eigenvalue weighted by atomic mass is 9.96. The van der Waals surface area contributed by atoms with E-state index in [4.69, 9.17) is 16.1 Å². The monoisotopic (exact) mass is 412 g/mol. The van der Waals surface area contributed by atoms with E-state index in [1.165, 1.54) is 12.1 Å². The van der Waals surface area contributed by atoms with Gasteiger partial charge >= 0.3 is 0 Å². The van der Waals surface area contributed by atoms with Crippen LogP contribution in [0, 0.1) is 0 Å². The van der Waals surface area contributed by atoms with Crippen molar-refractivity contribution in [3.05, 3.63) is 41.0 Å². The van der Waals surface area contributed by atoms with E-state index in [0.29, 0.717) is 24.8 Å². The molecular weight excluding hydrogens is 392 g/mol. The minimum absolute atomic E-state index is 0.0371. The van der Waals surface area contributed by atoms with Gasteiger partial charge in [0.2, 0.25) is 21.8 Å². The predicted molar refractivity (Wildman–Crippen MR) is 98.9 cm³/mol. The van der Waals surface area contributed by atoms with E-state index in [-0.39, 0.29) is 34.7 Å². The Labute approximate surface area is 162 Å². The number of piperidine rings is 1. The Kier molecular flexibility index (Phi) is 6.13. The van der Waals surface area contributed by atoms with E-state index >= 15 is 0 Å². The van der Waals surface area contributed by atoms with Gasteiger partial charge in [0.25, 0.3) is 0 Å². The topological polar surface area (TPSA) is 105 Å². The van der Waals surface area contributed by atoms with E-state index in [0.717, 1.165) is 12.8 Å². The van der Waals surface area contributed by atoms with Crippen LogP contribution in [0.5, 0.6) is 0 Å². The maximum atomic E-state index is 12.3. The molecule has 1 fully saturated rings. The van der Waals surface area contributed by atoms with Gasteiger partial charge in [-0.25, -0.2) is 13.1 Å². The lowest BCUT2D eigenvalue weighted by Gasteiger charge is -2.29. The van der Waals surface area contributed by atoms with Gasteiger partial charge in [-0.3, -0.25) is 4.79 Å². The van der Waals surface area contributed by atoms with Crippen LogP contribution in [-0.2, 0) is 21.2 Å². The molecule has 1 saturated heterocycles. The van der Waals surface area contributed by atoms with Gasteiger partial charge in [-0.2, -0.15) is 4.98 Å². The number of carbonyl (C=O) groups excluding carboxylic acids is 1. The summed E-state index contributed by atoms with van der Waals surface area (Å²) in [5.41, 5.74) is 0. The Morgan fingerprint density at radius 2 is 2.04 bits per heavy atom. The van der Waals surface area contributed by atoms with Gasteiger partial charge in [0.1, 0.15) is 4.90 Å². The molecule has 0 atom stereocenters. The summed E-state index contributed by atoms with van der Waals surface area (Å²) in [6.07, 6.45) is 1.86. The number of carbonyl (C=O) groups is 1. The van der Waals surface area contributed by atoms with Crippen molar-refractivity contribution in [3.63, 3.8) is 0 Å². The van der Waals surface area contributed by atoms with Crippen LogP contribution in [0.3, 0.4) is 0 Å². The zero-order valence-corrected chi connectivity index (χ0v) is 16.5. The smallest absolute Gasteiger partial charge is 0.242 e. The second-order valence-electron chi connectivity index (χ2n) is 6.40. The summed E-state index contributed by atoms with van der Waals surface area (Å²) < 4.78 is 32.3. The maximum absolute atomic E-state index is 12.3. The molecule has 1 amide bonds. The lowest BCUT2D eigenvalue weighted by molar-refractivity contribution is -0.129. The first-order valence-electron chi connectivity index (χ1n) is 8.69. The summed E-state index contributed by atoms with van der Waals surface area (Å²) in [5, 5.41) is 4.18. The van der Waals surface area contributed by atoms with Crippen molar-refractivity contribution in [1.29, 1.82) is 0 Å². The van der Waals surface area contributed by atoms with Gasteiger partial charge in [-0.05, 0) is 25.0 Å². The number of hydrogen-bond acceptors (Lipinski definition) is 6. The number of likely N-dealkylation sites (tertiary alicyclic amines) is 1. The van der Waals surface area contributed by atoms with E-state index in [2.05, 4.69) is 14.9 Å². The number of rotatable bonds is 6. The van der Waals surface area contributed by atoms with Crippen molar-refractivity contribution in [2.45, 2.75) is 37.0 Å². The first-order valence-corrected chi connectivity index (χ1v) is 10.5. The molecule has 3 rings (SSSR count). The minimum Gasteiger partial charge on any atom is -0.343 e. The fourth-order valence-electron chi connectivity index (χ4n) is 3.02. The van der Waals surface area contributed by atoms with Crippen LogP contribution in [0.1, 0.15) is 37.4 Å². The van der Waals surface area contributed by atoms with Crippen LogP contribution in [0.25, 0.3) is 0 Å². The van der Waals surface area contributed by atoms with Gasteiger partial charge in [-0.15, -0.1) is 0 Å². The molecule has 8 nitrogen and oxygen atoms in total. The quantitative estimate of drug-likeness (QED) is 0.777. The summed E-state index contributed by atoms with van der Waals surface area (Å²) >= 11 is 5.94. The predicted octanol–water partition coefficient (Wildman–Crippen LogP) is 1.97. The third-order valence-electron chi connectivity index (χ3n) is 4.55. The fourth-order valence-corrected chi connectivity index (χ4v) is 4.57. The molecule has 1 aromatic carbocycles. The van der Waals surface area contributed by atoms with Crippen LogP contribution in [0.2, 0.25) is 5.02 Å². The second-order valence-corrected chi connectivity index (χ2v) is 8.55. The summed E-state index contributed by atoms with van der Waals surface area (Å²) in [6.45, 7) is 3.05. The molecule has 0 spiro atoms. The van der Waals surface area contributed by atoms with Crippen molar-refractivity contribution in [1.82, 2.24) is 19.8 Å². The zero-order valence-electron chi connectivity index (χ0n) is 14.9. The third kappa shape index (κ3) is 4.85. The van der Waals surface area contributed by atoms with Gasteiger partial charge < -0.3 is 9.42 Å². The highest BCUT2D eigenvalue weighted by Gasteiger charge is 2.25. The molecule has 1 aliphatic rings. The van der Waals surface area contributed by atoms with E-state index in [1.54, 1.807) is 24.0 Å². The summed E-state index contributed by atoms with van der Waals surface area (Å²) in [6, 6.07) is 6.25. The molecule has 0 radical (unpaired) electrons. The van der Waals surface area contributed by atoms with E-state index in [9.17, 15) is 13.2 Å². The van der Waals surface area contributed by atoms with Crippen molar-refractivity contribution >= 4 is 27.5 Å². The molecule has 1 N–H and O–H groups in total. The van der Waals surface area contributed by atoms with Crippen LogP contribution >= 0.6 is 11.6 Å². The SMILES string of the molecule is CC(=O)N1CCC(c2noc(CCNS(=O)(=O)c3ccccc3Cl)n2)CC1. The van der Waals surface area contributed by atoms with Crippen LogP contribution in [0.15, 0.2) is 33.7 Å². The molecule has 1 aliphatic heterocycles. The van der Waals surface area contributed by atoms with E-state index < -0.39 is 10.0 Å². The first kappa shape index (κ1) is 19.8. The summed E-state index contributed by atoms with van der Waals surface area (Å²) in [4.78, 5) is 17.6. The lowest BCUT2D eigenvalue weighted by Crippen LogP contribution is -2.36. The molecular formula is C17H21ClN4O4S. The number of aromatic nitrogens is 2. The number of amides is 1. The number of benzene rings is 1. The molecule has 2 aromatic rings. The number of sulfonamides is 1. The number of nitrogens with one attached hydrogen (secondary N) is 1. The fraction of sp³-hybridized carbons (Fsp3) is 0.471. The normalized spacial score (nSPS) is 15.9. The van der Waals surface area contributed by atoms with Gasteiger partial charge in [0.15, 0.2) is 5.82 Å². The Morgan fingerprint density at radius 3 is 2.70 bits per heavy atom. The van der Waals surface area contributed by atoms with Crippen LogP contribution < -0.4 is 4.72 Å². The molecule has 0 aliphatic carbocycles. The number of hydrogen-bond donors (Lipinski definition) is 1. The Balaban J connectivity index is 1.53. The average Bonchev–Trinajstić information content (AvgIpc) is 3.11. The highest BCUT2D eigenvalue weighted by atomic mass is 35.5. The number of halogens is 1. The molecule has 2 heterocycles. The van der Waals surface area contributed by atoms with Crippen molar-refractivity contribution < 1.29 is 17.7 Å². The Hall–Kier alpha value is -1.97. The van der Waals surface area contributed by atoms with E-state index in [1.807, 2.05) is 0 Å². The zero-order chi connectivity index (χ0) is 19.4. The summed E-state index contributed by atoms with van der Waals surface area (Å²) in [5.74, 6) is 1.22. The third-order valence-corrected chi connectivity index (χ3v) is 6.51. The molecule has 27 heavy (non-hydrogen) atoms. The molecule has 146 valence electrons. The number of nitrogens with zero attached hydrogens (tertiary/aromatic N) is 3. The van der Waals surface area contributed by atoms with Gasteiger partial charge in [-0.1, -0.05) is 28.9 Å². The molecule has 0 saturated carbocycles. The Morgan fingerprint density at radius 1 is 1.33 bits per heavy atom. The highest BCUT2D eigenvalue weighted by Crippen LogP contribution is 2.26. The molecule has 10 heteroatoms. The minimum atomic E-state index is -3.70. The molecule has 0 bridgehead atoms. The highest BCUT2D eigenvalue weighted by molar-refractivity contribution is 7.89. The van der Waals surface area contributed by atoms with Gasteiger partial charge in [0.05, 0.1) is 5.02 Å². The summed E-state index contributed by atoms with van der Waals surface area (Å²) in [7, 11) is -3.70. The van der Waals surface area contributed by atoms with Crippen LogP contribution in [0.4, 0.5) is 0 Å². The van der Waals surface area contributed by atoms with Crippen molar-refractivity contribution in [3.8, 4) is 0 Å². The first-order chi connectivity index (χ1) is 12.9. The molecule has 0 unspecified atom stereocenters. The van der Waals surface area contributed by atoms with Crippen molar-refractivity contribution in [2.75, 3.05) is 19.6 Å². The molecule has 1 aromatic heterocycles. The van der Waals surface area contributed by atoms with Crippen LogP contribution in [-0.4, -0.2) is 49.0 Å². The maximum Gasteiger partial charge on any atom is 0.242 e. The largest absolute Gasteiger partial charge is 0.343 e. The second kappa shape index (κ2) is 8.37. The standard InChI is InChI=1S/C17H21ClN4O4S/c1-12(23)22-10-7-13(8-11-22)17-20-16(26-21-17)6-9-19-27(24,25)15-5-3-2-4-14(15)18/h2-5,13,19H,6-11H2,1H3. The Bertz CT molecular complexity index is 907. The van der Waals surface area contributed by atoms with Gasteiger partial charge in [0, 0.05) is 38.9 Å². The van der Waals surface area contributed by atoms with Crippen molar-refractivity contribution in [2.24, 2.45) is 0 Å².